The second-order valence-corrected chi connectivity index (χ2v) is 7.97. The zero-order chi connectivity index (χ0) is 20.5. The van der Waals surface area contributed by atoms with E-state index in [-0.39, 0.29) is 18.4 Å². The Hall–Kier alpha value is -3.19. The Balaban J connectivity index is 1.64. The van der Waals surface area contributed by atoms with Crippen LogP contribution in [0.1, 0.15) is 27.7 Å². The third-order valence-electron chi connectivity index (χ3n) is 4.87. The number of fused-ring (bicyclic) bond motifs is 1. The lowest BCUT2D eigenvalue weighted by atomic mass is 10.1. The molecule has 2 aromatic carbocycles. The number of anilines is 2. The number of nitrogens with zero attached hydrogens (tertiary/aromatic N) is 2. The fourth-order valence-electron chi connectivity index (χ4n) is 3.16. The van der Waals surface area contributed by atoms with Crippen molar-refractivity contribution in [3.63, 3.8) is 0 Å². The number of hydrogen-bond acceptors (Lipinski definition) is 5. The Kier molecular flexibility index (Phi) is 5.07. The van der Waals surface area contributed by atoms with Crippen molar-refractivity contribution in [1.82, 2.24) is 4.98 Å². The highest BCUT2D eigenvalue weighted by molar-refractivity contribution is 7.16. The number of ether oxygens (including phenoxy) is 1. The van der Waals surface area contributed by atoms with Crippen LogP contribution in [0.5, 0.6) is 5.75 Å². The van der Waals surface area contributed by atoms with E-state index in [9.17, 15) is 9.59 Å². The van der Waals surface area contributed by atoms with Gasteiger partial charge in [-0.3, -0.25) is 14.9 Å². The number of hydrogen-bond donors (Lipinski definition) is 1. The largest absolute Gasteiger partial charge is 0.482 e. The molecule has 6 nitrogen and oxygen atoms in total. The van der Waals surface area contributed by atoms with E-state index in [0.717, 1.165) is 33.8 Å². The Morgan fingerprint density at radius 2 is 2.00 bits per heavy atom. The van der Waals surface area contributed by atoms with Gasteiger partial charge in [0.15, 0.2) is 11.7 Å². The second kappa shape index (κ2) is 7.67. The Morgan fingerprint density at radius 3 is 2.72 bits per heavy atom. The minimum absolute atomic E-state index is 0.0505. The van der Waals surface area contributed by atoms with Crippen LogP contribution < -0.4 is 15.0 Å². The van der Waals surface area contributed by atoms with E-state index < -0.39 is 0 Å². The van der Waals surface area contributed by atoms with Crippen molar-refractivity contribution in [2.24, 2.45) is 0 Å². The normalized spacial score (nSPS) is 13.1. The minimum Gasteiger partial charge on any atom is -0.482 e. The predicted molar refractivity (Wildman–Crippen MR) is 115 cm³/mol. The Morgan fingerprint density at radius 1 is 1.24 bits per heavy atom. The third kappa shape index (κ3) is 3.73. The molecule has 0 saturated carbocycles. The van der Waals surface area contributed by atoms with Crippen LogP contribution in [0.25, 0.3) is 11.3 Å². The number of rotatable bonds is 4. The fourth-order valence-corrected chi connectivity index (χ4v) is 4.08. The monoisotopic (exact) mass is 407 g/mol. The molecule has 7 heteroatoms. The fraction of sp³-hybridized carbons (Fsp3) is 0.227. The van der Waals surface area contributed by atoms with Crippen LogP contribution in [0.2, 0.25) is 0 Å². The van der Waals surface area contributed by atoms with E-state index in [0.29, 0.717) is 16.4 Å². The van der Waals surface area contributed by atoms with Gasteiger partial charge in [0.2, 0.25) is 0 Å². The van der Waals surface area contributed by atoms with Crippen molar-refractivity contribution in [3.05, 3.63) is 58.5 Å². The first-order chi connectivity index (χ1) is 14.0. The first-order valence-electron chi connectivity index (χ1n) is 9.37. The van der Waals surface area contributed by atoms with Crippen LogP contribution in [0.15, 0.2) is 42.5 Å². The molecule has 2 heterocycles. The maximum absolute atomic E-state index is 12.5. The van der Waals surface area contributed by atoms with Gasteiger partial charge in [-0.05, 0) is 43.7 Å². The second-order valence-electron chi connectivity index (χ2n) is 6.89. The molecule has 2 amide bonds. The molecule has 1 aliphatic heterocycles. The number of carbonyl (C=O) groups excluding carboxylic acids is 2. The molecule has 0 aliphatic carbocycles. The molecule has 0 atom stereocenters. The summed E-state index contributed by atoms with van der Waals surface area (Å²) in [6.07, 6.45) is 0.787. The van der Waals surface area contributed by atoms with Crippen LogP contribution in [-0.4, -0.2) is 30.5 Å². The van der Waals surface area contributed by atoms with Gasteiger partial charge in [-0.15, -0.1) is 11.3 Å². The molecule has 1 aromatic heterocycles. The van der Waals surface area contributed by atoms with Crippen LogP contribution >= 0.6 is 11.3 Å². The molecular formula is C22H21N3O3S. The number of thiazole rings is 1. The van der Waals surface area contributed by atoms with E-state index >= 15 is 0 Å². The summed E-state index contributed by atoms with van der Waals surface area (Å²) in [4.78, 5) is 31.8. The van der Waals surface area contributed by atoms with Gasteiger partial charge in [0.25, 0.3) is 11.8 Å². The average Bonchev–Trinajstić information content (AvgIpc) is 3.14. The first kappa shape index (κ1) is 19.1. The van der Waals surface area contributed by atoms with Crippen molar-refractivity contribution in [3.8, 4) is 17.0 Å². The van der Waals surface area contributed by atoms with Crippen molar-refractivity contribution in [2.45, 2.75) is 20.3 Å². The van der Waals surface area contributed by atoms with Crippen molar-refractivity contribution < 1.29 is 14.3 Å². The molecule has 0 spiro atoms. The van der Waals surface area contributed by atoms with E-state index in [1.54, 1.807) is 24.1 Å². The molecule has 4 rings (SSSR count). The molecule has 29 heavy (non-hydrogen) atoms. The Bertz CT molecular complexity index is 1090. The van der Waals surface area contributed by atoms with Gasteiger partial charge in [-0.25, -0.2) is 4.98 Å². The molecule has 0 radical (unpaired) electrons. The number of nitrogens with one attached hydrogen (secondary N) is 1. The van der Waals surface area contributed by atoms with Gasteiger partial charge in [0.1, 0.15) is 5.75 Å². The molecule has 148 valence electrons. The predicted octanol–water partition coefficient (Wildman–Crippen LogP) is 4.29. The average molecular weight is 407 g/mol. The van der Waals surface area contributed by atoms with Crippen LogP contribution in [-0.2, 0) is 11.2 Å². The Labute approximate surface area is 173 Å². The summed E-state index contributed by atoms with van der Waals surface area (Å²) in [5, 5.41) is 3.46. The number of aryl methyl sites for hydroxylation is 2. The highest BCUT2D eigenvalue weighted by Crippen LogP contribution is 2.38. The number of amides is 2. The topological polar surface area (TPSA) is 71.5 Å². The quantitative estimate of drug-likeness (QED) is 0.700. The zero-order valence-electron chi connectivity index (χ0n) is 16.5. The van der Waals surface area contributed by atoms with Crippen molar-refractivity contribution >= 4 is 34.0 Å². The van der Waals surface area contributed by atoms with E-state index in [2.05, 4.69) is 17.2 Å². The van der Waals surface area contributed by atoms with Crippen LogP contribution in [0.4, 0.5) is 10.8 Å². The third-order valence-corrected chi connectivity index (χ3v) is 5.99. The minimum atomic E-state index is -0.183. The lowest BCUT2D eigenvalue weighted by Gasteiger charge is -2.26. The molecule has 3 aromatic rings. The smallest absolute Gasteiger partial charge is 0.264 e. The van der Waals surface area contributed by atoms with E-state index in [1.807, 2.05) is 37.3 Å². The van der Waals surface area contributed by atoms with Gasteiger partial charge >= 0.3 is 0 Å². The van der Waals surface area contributed by atoms with Crippen LogP contribution in [0, 0.1) is 6.92 Å². The van der Waals surface area contributed by atoms with Gasteiger partial charge < -0.3 is 9.64 Å². The first-order valence-corrected chi connectivity index (χ1v) is 10.2. The molecule has 0 fully saturated rings. The molecule has 1 aliphatic rings. The summed E-state index contributed by atoms with van der Waals surface area (Å²) in [6, 6.07) is 13.1. The van der Waals surface area contributed by atoms with Crippen LogP contribution in [0.3, 0.4) is 0 Å². The summed E-state index contributed by atoms with van der Waals surface area (Å²) < 4.78 is 5.50. The zero-order valence-corrected chi connectivity index (χ0v) is 17.3. The highest BCUT2D eigenvalue weighted by Gasteiger charge is 2.24. The number of carbonyl (C=O) groups is 2. The SMILES string of the molecule is CCc1sc(NC(=O)c2ccc(C)cc2)nc1-c1ccc2c(c1)N(C)C(=O)CO2. The summed E-state index contributed by atoms with van der Waals surface area (Å²) in [5.41, 5.74) is 4.12. The highest BCUT2D eigenvalue weighted by atomic mass is 32.1. The van der Waals surface area contributed by atoms with E-state index in [4.69, 9.17) is 4.74 Å². The lowest BCUT2D eigenvalue weighted by molar-refractivity contribution is -0.120. The van der Waals surface area contributed by atoms with Gasteiger partial charge in [-0.1, -0.05) is 24.6 Å². The standard InChI is InChI=1S/C22H21N3O3S/c1-4-18-20(15-9-10-17-16(11-15)25(3)19(26)12-28-17)23-22(29-18)24-21(27)14-7-5-13(2)6-8-14/h5-11H,4,12H2,1-3H3,(H,23,24,27). The van der Waals surface area contributed by atoms with Gasteiger partial charge in [-0.2, -0.15) is 0 Å². The lowest BCUT2D eigenvalue weighted by Crippen LogP contribution is -2.35. The summed E-state index contributed by atoms with van der Waals surface area (Å²) in [7, 11) is 1.74. The molecule has 0 saturated heterocycles. The summed E-state index contributed by atoms with van der Waals surface area (Å²) in [6.45, 7) is 4.09. The maximum Gasteiger partial charge on any atom is 0.264 e. The summed E-state index contributed by atoms with van der Waals surface area (Å²) in [5.74, 6) is 0.406. The van der Waals surface area contributed by atoms with E-state index in [1.165, 1.54) is 11.3 Å². The molecule has 0 unspecified atom stereocenters. The van der Waals surface area contributed by atoms with Crippen molar-refractivity contribution in [2.75, 3.05) is 23.9 Å². The maximum atomic E-state index is 12.5. The number of benzene rings is 2. The van der Waals surface area contributed by atoms with Gasteiger partial charge in [0, 0.05) is 23.1 Å². The summed E-state index contributed by atoms with van der Waals surface area (Å²) >= 11 is 1.46. The van der Waals surface area contributed by atoms with Gasteiger partial charge in [0.05, 0.1) is 11.4 Å². The molecule has 0 bridgehead atoms. The number of likely N-dealkylation sites (N-methyl/N-ethyl adjacent to an activating group) is 1. The number of aromatic nitrogens is 1. The molecule has 1 N–H and O–H groups in total. The van der Waals surface area contributed by atoms with Crippen molar-refractivity contribution in [1.29, 1.82) is 0 Å². The molecular weight excluding hydrogens is 386 g/mol.